The standard InChI is InChI=1S/C11H19N3/c1-5-11-10(7-12-8(2)3)6-9(4)13-14-11/h6,8,12H,5,7H2,1-4H3. The van der Waals surface area contributed by atoms with Gasteiger partial charge in [-0.25, -0.2) is 0 Å². The molecule has 0 unspecified atom stereocenters. The predicted octanol–water partition coefficient (Wildman–Crippen LogP) is 1.85. The third kappa shape index (κ3) is 3.07. The van der Waals surface area contributed by atoms with Crippen LogP contribution < -0.4 is 5.32 Å². The van der Waals surface area contributed by atoms with Gasteiger partial charge in [0.2, 0.25) is 0 Å². The van der Waals surface area contributed by atoms with E-state index in [1.807, 2.05) is 6.92 Å². The summed E-state index contributed by atoms with van der Waals surface area (Å²) >= 11 is 0. The van der Waals surface area contributed by atoms with Crippen molar-refractivity contribution in [1.29, 1.82) is 0 Å². The van der Waals surface area contributed by atoms with Crippen molar-refractivity contribution < 1.29 is 0 Å². The van der Waals surface area contributed by atoms with Crippen molar-refractivity contribution in [2.24, 2.45) is 0 Å². The molecule has 78 valence electrons. The molecule has 0 bridgehead atoms. The zero-order valence-corrected chi connectivity index (χ0v) is 9.46. The number of hydrogen-bond donors (Lipinski definition) is 1. The van der Waals surface area contributed by atoms with Gasteiger partial charge < -0.3 is 5.32 Å². The molecule has 0 saturated heterocycles. The van der Waals surface area contributed by atoms with Crippen LogP contribution in [0.4, 0.5) is 0 Å². The fourth-order valence-electron chi connectivity index (χ4n) is 1.33. The molecule has 3 heteroatoms. The maximum absolute atomic E-state index is 4.18. The van der Waals surface area contributed by atoms with Crippen molar-refractivity contribution in [3.05, 3.63) is 23.0 Å². The highest BCUT2D eigenvalue weighted by Crippen LogP contribution is 2.07. The second-order valence-electron chi connectivity index (χ2n) is 3.85. The minimum atomic E-state index is 0.508. The van der Waals surface area contributed by atoms with E-state index in [0.717, 1.165) is 24.4 Å². The van der Waals surface area contributed by atoms with Crippen LogP contribution in [0.3, 0.4) is 0 Å². The molecular weight excluding hydrogens is 174 g/mol. The monoisotopic (exact) mass is 193 g/mol. The minimum Gasteiger partial charge on any atom is -0.310 e. The summed E-state index contributed by atoms with van der Waals surface area (Å²) in [5.74, 6) is 0. The van der Waals surface area contributed by atoms with E-state index in [1.165, 1.54) is 5.56 Å². The van der Waals surface area contributed by atoms with E-state index in [0.29, 0.717) is 6.04 Å². The summed E-state index contributed by atoms with van der Waals surface area (Å²) < 4.78 is 0. The van der Waals surface area contributed by atoms with Gasteiger partial charge in [-0.15, -0.1) is 0 Å². The van der Waals surface area contributed by atoms with Gasteiger partial charge in [0.05, 0.1) is 11.4 Å². The van der Waals surface area contributed by atoms with E-state index in [2.05, 4.69) is 42.4 Å². The lowest BCUT2D eigenvalue weighted by molar-refractivity contribution is 0.583. The fraction of sp³-hybridized carbons (Fsp3) is 0.636. The largest absolute Gasteiger partial charge is 0.310 e. The van der Waals surface area contributed by atoms with Gasteiger partial charge in [0.1, 0.15) is 0 Å². The molecule has 0 radical (unpaired) electrons. The topological polar surface area (TPSA) is 37.8 Å². The first-order valence-corrected chi connectivity index (χ1v) is 5.19. The lowest BCUT2D eigenvalue weighted by Crippen LogP contribution is -2.23. The third-order valence-corrected chi connectivity index (χ3v) is 2.12. The van der Waals surface area contributed by atoms with Crippen molar-refractivity contribution in [2.45, 2.75) is 46.7 Å². The second kappa shape index (κ2) is 5.05. The Balaban J connectivity index is 2.77. The maximum atomic E-state index is 4.18. The molecule has 0 amide bonds. The Morgan fingerprint density at radius 1 is 1.36 bits per heavy atom. The molecule has 0 aliphatic carbocycles. The quantitative estimate of drug-likeness (QED) is 0.793. The first kappa shape index (κ1) is 11.1. The van der Waals surface area contributed by atoms with Crippen molar-refractivity contribution in [3.63, 3.8) is 0 Å². The Labute approximate surface area is 85.9 Å². The van der Waals surface area contributed by atoms with Gasteiger partial charge in [0.25, 0.3) is 0 Å². The fourth-order valence-corrected chi connectivity index (χ4v) is 1.33. The highest BCUT2D eigenvalue weighted by Gasteiger charge is 2.04. The first-order valence-electron chi connectivity index (χ1n) is 5.19. The highest BCUT2D eigenvalue weighted by molar-refractivity contribution is 5.20. The Bertz CT molecular complexity index is 295. The molecule has 14 heavy (non-hydrogen) atoms. The highest BCUT2D eigenvalue weighted by atomic mass is 15.1. The summed E-state index contributed by atoms with van der Waals surface area (Å²) in [7, 11) is 0. The van der Waals surface area contributed by atoms with Crippen LogP contribution in [-0.4, -0.2) is 16.2 Å². The summed E-state index contributed by atoms with van der Waals surface area (Å²) in [6, 6.07) is 2.62. The summed E-state index contributed by atoms with van der Waals surface area (Å²) in [6.07, 6.45) is 0.947. The maximum Gasteiger partial charge on any atom is 0.0673 e. The van der Waals surface area contributed by atoms with E-state index < -0.39 is 0 Å². The van der Waals surface area contributed by atoms with Crippen molar-refractivity contribution in [2.75, 3.05) is 0 Å². The number of aromatic nitrogens is 2. The number of nitrogens with one attached hydrogen (secondary N) is 1. The molecule has 0 aliphatic rings. The van der Waals surface area contributed by atoms with E-state index >= 15 is 0 Å². The van der Waals surface area contributed by atoms with Crippen LogP contribution in [0.25, 0.3) is 0 Å². The Morgan fingerprint density at radius 2 is 2.07 bits per heavy atom. The normalized spacial score (nSPS) is 10.9. The SMILES string of the molecule is CCc1nnc(C)cc1CNC(C)C. The average molecular weight is 193 g/mol. The smallest absolute Gasteiger partial charge is 0.0673 e. The minimum absolute atomic E-state index is 0.508. The van der Waals surface area contributed by atoms with Crippen LogP contribution in [0.15, 0.2) is 6.07 Å². The molecule has 1 aromatic rings. The summed E-state index contributed by atoms with van der Waals surface area (Å²) in [5, 5.41) is 11.6. The van der Waals surface area contributed by atoms with Crippen molar-refractivity contribution in [3.8, 4) is 0 Å². The zero-order valence-electron chi connectivity index (χ0n) is 9.46. The first-order chi connectivity index (χ1) is 6.63. The average Bonchev–Trinajstić information content (AvgIpc) is 2.15. The summed E-state index contributed by atoms with van der Waals surface area (Å²) in [5.41, 5.74) is 3.36. The molecule has 0 aliphatic heterocycles. The molecule has 0 fully saturated rings. The van der Waals surface area contributed by atoms with Crippen molar-refractivity contribution >= 4 is 0 Å². The van der Waals surface area contributed by atoms with Crippen LogP contribution in [0.1, 0.15) is 37.7 Å². The van der Waals surface area contributed by atoms with Crippen LogP contribution in [0, 0.1) is 6.92 Å². The molecule has 0 aromatic carbocycles. The van der Waals surface area contributed by atoms with E-state index in [-0.39, 0.29) is 0 Å². The van der Waals surface area contributed by atoms with Crippen LogP contribution >= 0.6 is 0 Å². The Morgan fingerprint density at radius 3 is 2.64 bits per heavy atom. The van der Waals surface area contributed by atoms with Crippen molar-refractivity contribution in [1.82, 2.24) is 15.5 Å². The lowest BCUT2D eigenvalue weighted by Gasteiger charge is -2.10. The molecule has 1 rings (SSSR count). The molecular formula is C11H19N3. The van der Waals surface area contributed by atoms with Crippen LogP contribution in [-0.2, 0) is 13.0 Å². The van der Waals surface area contributed by atoms with Gasteiger partial charge in [-0.05, 0) is 25.0 Å². The van der Waals surface area contributed by atoms with Gasteiger partial charge in [0, 0.05) is 12.6 Å². The number of hydrogen-bond acceptors (Lipinski definition) is 3. The molecule has 1 heterocycles. The number of nitrogens with zero attached hydrogens (tertiary/aromatic N) is 2. The van der Waals surface area contributed by atoms with Gasteiger partial charge in [-0.2, -0.15) is 10.2 Å². The lowest BCUT2D eigenvalue weighted by atomic mass is 10.1. The zero-order chi connectivity index (χ0) is 10.6. The molecule has 0 atom stereocenters. The summed E-state index contributed by atoms with van der Waals surface area (Å²) in [4.78, 5) is 0. The molecule has 0 saturated carbocycles. The molecule has 1 N–H and O–H groups in total. The van der Waals surface area contributed by atoms with Gasteiger partial charge in [0.15, 0.2) is 0 Å². The predicted molar refractivity (Wildman–Crippen MR) is 58.1 cm³/mol. The number of rotatable bonds is 4. The van der Waals surface area contributed by atoms with Gasteiger partial charge in [-0.3, -0.25) is 0 Å². The second-order valence-corrected chi connectivity index (χ2v) is 3.85. The molecule has 3 nitrogen and oxygen atoms in total. The van der Waals surface area contributed by atoms with Crippen LogP contribution in [0.2, 0.25) is 0 Å². The molecule has 1 aromatic heterocycles. The van der Waals surface area contributed by atoms with Gasteiger partial charge >= 0.3 is 0 Å². The van der Waals surface area contributed by atoms with E-state index in [4.69, 9.17) is 0 Å². The van der Waals surface area contributed by atoms with Crippen LogP contribution in [0.5, 0.6) is 0 Å². The third-order valence-electron chi connectivity index (χ3n) is 2.12. The Hall–Kier alpha value is -0.960. The summed E-state index contributed by atoms with van der Waals surface area (Å²) in [6.45, 7) is 9.26. The van der Waals surface area contributed by atoms with E-state index in [1.54, 1.807) is 0 Å². The Kier molecular flexibility index (Phi) is 4.01. The van der Waals surface area contributed by atoms with Gasteiger partial charge in [-0.1, -0.05) is 20.8 Å². The molecule has 0 spiro atoms. The van der Waals surface area contributed by atoms with E-state index in [9.17, 15) is 0 Å². The number of aryl methyl sites for hydroxylation is 2.